The van der Waals surface area contributed by atoms with Crippen molar-refractivity contribution in [3.05, 3.63) is 33.8 Å². The number of likely N-dealkylation sites (tertiary alicyclic amines) is 1. The second kappa shape index (κ2) is 5.73. The third-order valence-corrected chi connectivity index (χ3v) is 3.96. The van der Waals surface area contributed by atoms with E-state index in [1.54, 1.807) is 0 Å². The number of carbonyl (C=O) groups is 1. The van der Waals surface area contributed by atoms with Crippen LogP contribution in [-0.4, -0.2) is 35.1 Å². The summed E-state index contributed by atoms with van der Waals surface area (Å²) >= 11 is 2.84. The van der Waals surface area contributed by atoms with E-state index in [0.29, 0.717) is 25.9 Å². The van der Waals surface area contributed by atoms with Gasteiger partial charge in [-0.1, -0.05) is 15.9 Å². The van der Waals surface area contributed by atoms with Gasteiger partial charge in [-0.2, -0.15) is 13.2 Å². The number of aliphatic hydroxyl groups excluding tert-OH is 1. The second-order valence-electron chi connectivity index (χ2n) is 4.72. The van der Waals surface area contributed by atoms with E-state index in [0.717, 1.165) is 6.07 Å². The molecule has 1 aliphatic heterocycles. The van der Waals surface area contributed by atoms with Gasteiger partial charge in [-0.3, -0.25) is 4.79 Å². The van der Waals surface area contributed by atoms with E-state index in [4.69, 9.17) is 0 Å². The molecule has 1 heterocycles. The molecule has 1 amide bonds. The molecule has 7 heteroatoms. The number of benzene rings is 1. The molecule has 20 heavy (non-hydrogen) atoms. The molecule has 1 saturated heterocycles. The molecule has 0 atom stereocenters. The summed E-state index contributed by atoms with van der Waals surface area (Å²) in [5, 5.41) is 9.37. The summed E-state index contributed by atoms with van der Waals surface area (Å²) < 4.78 is 38.3. The molecule has 2 rings (SSSR count). The fourth-order valence-electron chi connectivity index (χ4n) is 2.13. The molecule has 0 radical (unpaired) electrons. The first-order valence-corrected chi connectivity index (χ1v) is 6.92. The zero-order chi connectivity index (χ0) is 14.9. The molecule has 1 fully saturated rings. The lowest BCUT2D eigenvalue weighted by atomic mass is 10.1. The highest BCUT2D eigenvalue weighted by molar-refractivity contribution is 9.10. The first kappa shape index (κ1) is 15.3. The Morgan fingerprint density at radius 1 is 1.30 bits per heavy atom. The van der Waals surface area contributed by atoms with Gasteiger partial charge in [-0.25, -0.2) is 0 Å². The second-order valence-corrected chi connectivity index (χ2v) is 5.57. The Hall–Kier alpha value is -1.08. The molecule has 0 aliphatic carbocycles. The summed E-state index contributed by atoms with van der Waals surface area (Å²) in [6.45, 7) is 0.717. The van der Waals surface area contributed by atoms with Crippen molar-refractivity contribution in [3.63, 3.8) is 0 Å². The SMILES string of the molecule is O=C(c1ccc(Br)c(C(F)(F)F)c1)N1CCC(O)CC1. The molecule has 0 spiro atoms. The van der Waals surface area contributed by atoms with Crippen LogP contribution in [0.1, 0.15) is 28.8 Å². The van der Waals surface area contributed by atoms with E-state index in [9.17, 15) is 23.1 Å². The Bertz CT molecular complexity index is 511. The Kier molecular flexibility index (Phi) is 4.39. The van der Waals surface area contributed by atoms with Gasteiger partial charge in [0.2, 0.25) is 0 Å². The lowest BCUT2D eigenvalue weighted by Gasteiger charge is -2.29. The molecular formula is C13H13BrF3NO2. The standard InChI is InChI=1S/C13H13BrF3NO2/c14-11-2-1-8(7-10(11)13(15,16)17)12(20)18-5-3-9(19)4-6-18/h1-2,7,9,19H,3-6H2. The van der Waals surface area contributed by atoms with E-state index >= 15 is 0 Å². The number of alkyl halides is 3. The Labute approximate surface area is 122 Å². The summed E-state index contributed by atoms with van der Waals surface area (Å²) in [7, 11) is 0. The number of rotatable bonds is 1. The number of nitrogens with zero attached hydrogens (tertiary/aromatic N) is 1. The van der Waals surface area contributed by atoms with Gasteiger partial charge in [-0.05, 0) is 31.0 Å². The predicted molar refractivity (Wildman–Crippen MR) is 70.3 cm³/mol. The quantitative estimate of drug-likeness (QED) is 0.844. The molecular weight excluding hydrogens is 339 g/mol. The Balaban J connectivity index is 2.23. The normalized spacial score (nSPS) is 17.4. The van der Waals surface area contributed by atoms with Crippen LogP contribution in [-0.2, 0) is 6.18 Å². The smallest absolute Gasteiger partial charge is 0.393 e. The fraction of sp³-hybridized carbons (Fsp3) is 0.462. The number of hydrogen-bond acceptors (Lipinski definition) is 2. The summed E-state index contributed by atoms with van der Waals surface area (Å²) in [6, 6.07) is 3.46. The maximum absolute atomic E-state index is 12.8. The van der Waals surface area contributed by atoms with Crippen LogP contribution in [0, 0.1) is 0 Å². The van der Waals surface area contributed by atoms with Crippen molar-refractivity contribution >= 4 is 21.8 Å². The molecule has 0 saturated carbocycles. The zero-order valence-electron chi connectivity index (χ0n) is 10.5. The van der Waals surface area contributed by atoms with Gasteiger partial charge in [0.05, 0.1) is 11.7 Å². The lowest BCUT2D eigenvalue weighted by molar-refractivity contribution is -0.138. The summed E-state index contributed by atoms with van der Waals surface area (Å²) in [5.74, 6) is -0.435. The van der Waals surface area contributed by atoms with Crippen LogP contribution in [0.25, 0.3) is 0 Å². The molecule has 1 aliphatic rings. The largest absolute Gasteiger partial charge is 0.417 e. The van der Waals surface area contributed by atoms with E-state index < -0.39 is 23.8 Å². The van der Waals surface area contributed by atoms with Gasteiger partial charge in [0.15, 0.2) is 0 Å². The number of hydrogen-bond donors (Lipinski definition) is 1. The minimum absolute atomic E-state index is 0.0110. The number of carbonyl (C=O) groups excluding carboxylic acids is 1. The van der Waals surface area contributed by atoms with Crippen LogP contribution in [0.5, 0.6) is 0 Å². The van der Waals surface area contributed by atoms with Crippen LogP contribution in [0.15, 0.2) is 22.7 Å². The minimum atomic E-state index is -4.51. The molecule has 110 valence electrons. The van der Waals surface area contributed by atoms with Crippen molar-refractivity contribution < 1.29 is 23.1 Å². The number of aliphatic hydroxyl groups is 1. The van der Waals surface area contributed by atoms with E-state index in [-0.39, 0.29) is 10.0 Å². The predicted octanol–water partition coefficient (Wildman–Crippen LogP) is 3.06. The summed E-state index contributed by atoms with van der Waals surface area (Å²) in [4.78, 5) is 13.6. The van der Waals surface area contributed by atoms with Crippen LogP contribution >= 0.6 is 15.9 Å². The van der Waals surface area contributed by atoms with Gasteiger partial charge < -0.3 is 10.0 Å². The molecule has 0 aromatic heterocycles. The molecule has 1 N–H and O–H groups in total. The molecule has 3 nitrogen and oxygen atoms in total. The molecule has 0 unspecified atom stereocenters. The minimum Gasteiger partial charge on any atom is -0.393 e. The lowest BCUT2D eigenvalue weighted by Crippen LogP contribution is -2.40. The monoisotopic (exact) mass is 351 g/mol. The van der Waals surface area contributed by atoms with Crippen molar-refractivity contribution in [1.29, 1.82) is 0 Å². The number of piperidine rings is 1. The van der Waals surface area contributed by atoms with Crippen molar-refractivity contribution in [1.82, 2.24) is 4.90 Å². The van der Waals surface area contributed by atoms with Crippen LogP contribution in [0.4, 0.5) is 13.2 Å². The summed E-state index contributed by atoms with van der Waals surface area (Å²) in [5.41, 5.74) is -0.850. The van der Waals surface area contributed by atoms with Gasteiger partial charge >= 0.3 is 6.18 Å². The first-order valence-electron chi connectivity index (χ1n) is 6.13. The van der Waals surface area contributed by atoms with Crippen LogP contribution < -0.4 is 0 Å². The van der Waals surface area contributed by atoms with Crippen molar-refractivity contribution in [2.75, 3.05) is 13.1 Å². The van der Waals surface area contributed by atoms with E-state index in [2.05, 4.69) is 15.9 Å². The van der Waals surface area contributed by atoms with Gasteiger partial charge in [0, 0.05) is 23.1 Å². The fourth-order valence-corrected chi connectivity index (χ4v) is 2.60. The van der Waals surface area contributed by atoms with Crippen molar-refractivity contribution in [2.24, 2.45) is 0 Å². The number of halogens is 4. The topological polar surface area (TPSA) is 40.5 Å². The molecule has 0 bridgehead atoms. The Morgan fingerprint density at radius 3 is 2.45 bits per heavy atom. The first-order chi connectivity index (χ1) is 9.29. The third-order valence-electron chi connectivity index (χ3n) is 3.27. The van der Waals surface area contributed by atoms with Crippen LogP contribution in [0.2, 0.25) is 0 Å². The zero-order valence-corrected chi connectivity index (χ0v) is 12.0. The highest BCUT2D eigenvalue weighted by Crippen LogP contribution is 2.35. The van der Waals surface area contributed by atoms with Gasteiger partial charge in [0.1, 0.15) is 0 Å². The van der Waals surface area contributed by atoms with Crippen molar-refractivity contribution in [3.8, 4) is 0 Å². The molecule has 1 aromatic rings. The van der Waals surface area contributed by atoms with Gasteiger partial charge in [-0.15, -0.1) is 0 Å². The number of amides is 1. The molecule has 1 aromatic carbocycles. The Morgan fingerprint density at radius 2 is 1.90 bits per heavy atom. The van der Waals surface area contributed by atoms with Crippen molar-refractivity contribution in [2.45, 2.75) is 25.1 Å². The average molecular weight is 352 g/mol. The highest BCUT2D eigenvalue weighted by atomic mass is 79.9. The van der Waals surface area contributed by atoms with Crippen LogP contribution in [0.3, 0.4) is 0 Å². The third kappa shape index (κ3) is 3.32. The summed E-state index contributed by atoms with van der Waals surface area (Å²) in [6.07, 6.45) is -4.04. The maximum atomic E-state index is 12.8. The van der Waals surface area contributed by atoms with E-state index in [1.165, 1.54) is 17.0 Å². The maximum Gasteiger partial charge on any atom is 0.417 e. The average Bonchev–Trinajstić information content (AvgIpc) is 2.38. The van der Waals surface area contributed by atoms with E-state index in [1.807, 2.05) is 0 Å². The van der Waals surface area contributed by atoms with Gasteiger partial charge in [0.25, 0.3) is 5.91 Å². The highest BCUT2D eigenvalue weighted by Gasteiger charge is 2.34.